The lowest BCUT2D eigenvalue weighted by molar-refractivity contribution is -0.116. The van der Waals surface area contributed by atoms with Crippen LogP contribution < -0.4 is 15.4 Å². The van der Waals surface area contributed by atoms with Crippen molar-refractivity contribution in [2.45, 2.75) is 57.1 Å². The highest BCUT2D eigenvalue weighted by atomic mass is 32.1. The maximum absolute atomic E-state index is 12.6. The molecule has 0 bridgehead atoms. The molecule has 0 saturated carbocycles. The Bertz CT molecular complexity index is 1070. The molecule has 1 atom stereocenters. The zero-order valence-electron chi connectivity index (χ0n) is 19.2. The number of hydrogen-bond acceptors (Lipinski definition) is 7. The Morgan fingerprint density at radius 2 is 2.09 bits per heavy atom. The SMILES string of the molecule is COc1cccc(CCC(=O)Nc2sc3c(c2C#N)CCC(OC(=O)NC2CCOCC2)C3)c1. The number of rotatable bonds is 7. The Balaban J connectivity index is 1.33. The molecule has 0 radical (unpaired) electrons. The molecule has 1 aromatic heterocycles. The molecule has 1 saturated heterocycles. The number of nitrogens with zero attached hydrogens (tertiary/aromatic N) is 1. The molecule has 1 fully saturated rings. The number of alkyl carbamates (subject to hydrolysis) is 1. The van der Waals surface area contributed by atoms with Crippen molar-refractivity contribution in [3.63, 3.8) is 0 Å². The van der Waals surface area contributed by atoms with E-state index in [1.807, 2.05) is 24.3 Å². The van der Waals surface area contributed by atoms with E-state index in [4.69, 9.17) is 14.2 Å². The number of thiophene rings is 1. The fourth-order valence-corrected chi connectivity index (χ4v) is 5.61. The molecule has 1 unspecified atom stereocenters. The van der Waals surface area contributed by atoms with Gasteiger partial charge in [0.1, 0.15) is 22.9 Å². The molecule has 1 aliphatic carbocycles. The van der Waals surface area contributed by atoms with Crippen molar-refractivity contribution < 1.29 is 23.8 Å². The van der Waals surface area contributed by atoms with Crippen LogP contribution in [-0.2, 0) is 33.5 Å². The third kappa shape index (κ3) is 6.07. The van der Waals surface area contributed by atoms with Crippen molar-refractivity contribution in [1.82, 2.24) is 5.32 Å². The predicted octanol–water partition coefficient (Wildman–Crippen LogP) is 3.96. The van der Waals surface area contributed by atoms with Gasteiger partial charge in [0.2, 0.25) is 5.91 Å². The Hall–Kier alpha value is -3.09. The van der Waals surface area contributed by atoms with Gasteiger partial charge in [-0.1, -0.05) is 12.1 Å². The summed E-state index contributed by atoms with van der Waals surface area (Å²) in [5, 5.41) is 16.1. The van der Waals surface area contributed by atoms with Crippen LogP contribution in [-0.4, -0.2) is 44.5 Å². The first-order valence-electron chi connectivity index (χ1n) is 11.6. The topological polar surface area (TPSA) is 110 Å². The summed E-state index contributed by atoms with van der Waals surface area (Å²) in [4.78, 5) is 25.9. The molecular weight excluding hydrogens is 454 g/mol. The minimum atomic E-state index is -0.400. The molecule has 1 aromatic carbocycles. The molecule has 34 heavy (non-hydrogen) atoms. The second kappa shape index (κ2) is 11.4. The first kappa shape index (κ1) is 24.0. The van der Waals surface area contributed by atoms with Gasteiger partial charge in [0, 0.05) is 37.0 Å². The number of benzene rings is 1. The predicted molar refractivity (Wildman–Crippen MR) is 128 cm³/mol. The molecule has 2 heterocycles. The van der Waals surface area contributed by atoms with Gasteiger partial charge in [-0.05, 0) is 55.4 Å². The van der Waals surface area contributed by atoms with Crippen LogP contribution in [0.1, 0.15) is 47.3 Å². The molecule has 1 aliphatic heterocycles. The average molecular weight is 484 g/mol. The third-order valence-corrected chi connectivity index (χ3v) is 7.35. The smallest absolute Gasteiger partial charge is 0.407 e. The minimum Gasteiger partial charge on any atom is -0.497 e. The molecule has 2 aromatic rings. The van der Waals surface area contributed by atoms with Gasteiger partial charge in [-0.15, -0.1) is 11.3 Å². The molecule has 180 valence electrons. The summed E-state index contributed by atoms with van der Waals surface area (Å²) in [6, 6.07) is 9.98. The van der Waals surface area contributed by atoms with Gasteiger partial charge in [0.15, 0.2) is 0 Å². The number of nitriles is 1. The van der Waals surface area contributed by atoms with Crippen molar-refractivity contribution in [3.05, 3.63) is 45.8 Å². The van der Waals surface area contributed by atoms with Crippen LogP contribution in [0.15, 0.2) is 24.3 Å². The van der Waals surface area contributed by atoms with E-state index in [2.05, 4.69) is 16.7 Å². The zero-order chi connectivity index (χ0) is 23.9. The van der Waals surface area contributed by atoms with Gasteiger partial charge in [-0.2, -0.15) is 5.26 Å². The standard InChI is InChI=1S/C25H29N3O5S/c1-31-18-4-2-3-16(13-18)5-8-23(29)28-24-21(15-26)20-7-6-19(14-22(20)34-24)33-25(30)27-17-9-11-32-12-10-17/h2-4,13,17,19H,5-12,14H2,1H3,(H,27,30)(H,28,29). The summed E-state index contributed by atoms with van der Waals surface area (Å²) in [6.45, 7) is 1.30. The highest BCUT2D eigenvalue weighted by Gasteiger charge is 2.29. The number of ether oxygens (including phenoxy) is 3. The van der Waals surface area contributed by atoms with E-state index >= 15 is 0 Å². The van der Waals surface area contributed by atoms with Crippen LogP contribution in [0, 0.1) is 11.3 Å². The van der Waals surface area contributed by atoms with Gasteiger partial charge in [-0.25, -0.2) is 4.79 Å². The molecule has 0 spiro atoms. The molecule has 9 heteroatoms. The Morgan fingerprint density at radius 1 is 1.26 bits per heavy atom. The number of methoxy groups -OCH3 is 1. The number of carbonyl (C=O) groups is 2. The number of anilines is 1. The van der Waals surface area contributed by atoms with Crippen molar-refractivity contribution >= 4 is 28.3 Å². The first-order valence-corrected chi connectivity index (χ1v) is 12.4. The van der Waals surface area contributed by atoms with Crippen LogP contribution in [0.4, 0.5) is 9.80 Å². The minimum absolute atomic E-state index is 0.0890. The summed E-state index contributed by atoms with van der Waals surface area (Å²) in [5.41, 5.74) is 2.50. The Morgan fingerprint density at radius 3 is 2.85 bits per heavy atom. The summed E-state index contributed by atoms with van der Waals surface area (Å²) in [6.07, 6.45) is 3.68. The van der Waals surface area contributed by atoms with Crippen LogP contribution >= 0.6 is 11.3 Å². The number of nitrogens with one attached hydrogen (secondary N) is 2. The molecule has 2 N–H and O–H groups in total. The zero-order valence-corrected chi connectivity index (χ0v) is 20.0. The lowest BCUT2D eigenvalue weighted by atomic mass is 9.94. The largest absolute Gasteiger partial charge is 0.497 e. The molecule has 8 nitrogen and oxygen atoms in total. The van der Waals surface area contributed by atoms with E-state index in [9.17, 15) is 14.9 Å². The van der Waals surface area contributed by atoms with Gasteiger partial charge in [-0.3, -0.25) is 4.79 Å². The van der Waals surface area contributed by atoms with Crippen molar-refractivity contribution in [3.8, 4) is 11.8 Å². The number of fused-ring (bicyclic) bond motifs is 1. The van der Waals surface area contributed by atoms with Crippen LogP contribution in [0.25, 0.3) is 0 Å². The highest BCUT2D eigenvalue weighted by molar-refractivity contribution is 7.16. The number of carbonyl (C=O) groups excluding carboxylic acids is 2. The third-order valence-electron chi connectivity index (χ3n) is 6.18. The van der Waals surface area contributed by atoms with Crippen molar-refractivity contribution in [1.29, 1.82) is 5.26 Å². The molecule has 2 amide bonds. The summed E-state index contributed by atoms with van der Waals surface area (Å²) < 4.78 is 16.2. The van der Waals surface area contributed by atoms with Gasteiger partial charge in [0.05, 0.1) is 12.7 Å². The van der Waals surface area contributed by atoms with E-state index < -0.39 is 6.09 Å². The summed E-state index contributed by atoms with van der Waals surface area (Å²) in [7, 11) is 1.61. The highest BCUT2D eigenvalue weighted by Crippen LogP contribution is 2.38. The summed E-state index contributed by atoms with van der Waals surface area (Å²) >= 11 is 1.41. The molecule has 4 rings (SSSR count). The van der Waals surface area contributed by atoms with Crippen LogP contribution in [0.5, 0.6) is 5.75 Å². The van der Waals surface area contributed by atoms with Gasteiger partial charge in [0.25, 0.3) is 0 Å². The monoisotopic (exact) mass is 483 g/mol. The first-order chi connectivity index (χ1) is 16.6. The van der Waals surface area contributed by atoms with Crippen molar-refractivity contribution in [2.24, 2.45) is 0 Å². The van der Waals surface area contributed by atoms with Gasteiger partial charge >= 0.3 is 6.09 Å². The average Bonchev–Trinajstić information content (AvgIpc) is 3.19. The van der Waals surface area contributed by atoms with E-state index in [1.54, 1.807) is 7.11 Å². The molecule has 2 aliphatic rings. The Kier molecular flexibility index (Phi) is 8.03. The Labute approximate surface area is 203 Å². The quantitative estimate of drug-likeness (QED) is 0.617. The van der Waals surface area contributed by atoms with Crippen molar-refractivity contribution in [2.75, 3.05) is 25.6 Å². The molecular formula is C25H29N3O5S. The van der Waals surface area contributed by atoms with E-state index in [0.717, 1.165) is 34.6 Å². The summed E-state index contributed by atoms with van der Waals surface area (Å²) in [5.74, 6) is 0.621. The number of aryl methyl sites for hydroxylation is 1. The second-order valence-corrected chi connectivity index (χ2v) is 9.63. The fourth-order valence-electron chi connectivity index (χ4n) is 4.33. The maximum Gasteiger partial charge on any atom is 0.407 e. The van der Waals surface area contributed by atoms with Crippen LogP contribution in [0.2, 0.25) is 0 Å². The lowest BCUT2D eigenvalue weighted by Crippen LogP contribution is -2.41. The van der Waals surface area contributed by atoms with E-state index in [-0.39, 0.29) is 18.1 Å². The van der Waals surface area contributed by atoms with Gasteiger partial charge < -0.3 is 24.8 Å². The second-order valence-electron chi connectivity index (χ2n) is 8.52. The van der Waals surface area contributed by atoms with E-state index in [0.29, 0.717) is 55.9 Å². The normalized spacial score (nSPS) is 17.8. The fraction of sp³-hybridized carbons (Fsp3) is 0.480. The van der Waals surface area contributed by atoms with E-state index in [1.165, 1.54) is 11.3 Å². The number of hydrogen-bond donors (Lipinski definition) is 2. The lowest BCUT2D eigenvalue weighted by Gasteiger charge is -2.26. The maximum atomic E-state index is 12.6. The van der Waals surface area contributed by atoms with Crippen LogP contribution in [0.3, 0.4) is 0 Å². The number of amides is 2.